The van der Waals surface area contributed by atoms with Crippen LogP contribution in [0.1, 0.15) is 38.5 Å². The monoisotopic (exact) mass is 224 g/mol. The molecule has 1 rings (SSSR count). The van der Waals surface area contributed by atoms with Crippen molar-refractivity contribution < 1.29 is 23.1 Å². The van der Waals surface area contributed by atoms with Crippen LogP contribution in [0.3, 0.4) is 0 Å². The molecular weight excluding hydrogens is 209 g/mol. The summed E-state index contributed by atoms with van der Waals surface area (Å²) in [7, 11) is 0. The van der Waals surface area contributed by atoms with Crippen molar-refractivity contribution >= 4 is 5.97 Å². The van der Waals surface area contributed by atoms with Crippen LogP contribution in [0.15, 0.2) is 0 Å². The molecule has 0 radical (unpaired) electrons. The second-order valence-electron chi connectivity index (χ2n) is 4.16. The van der Waals surface area contributed by atoms with Crippen LogP contribution in [0.4, 0.5) is 13.2 Å². The summed E-state index contributed by atoms with van der Waals surface area (Å²) in [6.45, 7) is 0. The number of carboxylic acids is 1. The minimum Gasteiger partial charge on any atom is -0.481 e. The molecule has 2 nitrogen and oxygen atoms in total. The van der Waals surface area contributed by atoms with Crippen molar-refractivity contribution in [2.24, 2.45) is 11.8 Å². The van der Waals surface area contributed by atoms with E-state index in [1.165, 1.54) is 0 Å². The SMILES string of the molecule is O=C(O)C(CC(F)(F)F)C1CCCCC1. The number of hydrogen-bond donors (Lipinski definition) is 1. The molecule has 0 spiro atoms. The van der Waals surface area contributed by atoms with Gasteiger partial charge in [-0.05, 0) is 18.8 Å². The van der Waals surface area contributed by atoms with Gasteiger partial charge in [-0.15, -0.1) is 0 Å². The van der Waals surface area contributed by atoms with Gasteiger partial charge in [0.25, 0.3) is 0 Å². The maximum absolute atomic E-state index is 12.2. The van der Waals surface area contributed by atoms with E-state index in [1.807, 2.05) is 0 Å². The Morgan fingerprint density at radius 2 is 1.80 bits per heavy atom. The van der Waals surface area contributed by atoms with Crippen molar-refractivity contribution in [3.8, 4) is 0 Å². The van der Waals surface area contributed by atoms with E-state index in [4.69, 9.17) is 5.11 Å². The summed E-state index contributed by atoms with van der Waals surface area (Å²) in [4.78, 5) is 10.8. The molecule has 1 atom stereocenters. The van der Waals surface area contributed by atoms with E-state index in [0.717, 1.165) is 19.3 Å². The van der Waals surface area contributed by atoms with E-state index in [1.54, 1.807) is 0 Å². The molecule has 0 aromatic carbocycles. The summed E-state index contributed by atoms with van der Waals surface area (Å²) >= 11 is 0. The number of rotatable bonds is 3. The highest BCUT2D eigenvalue weighted by Crippen LogP contribution is 2.36. The molecule has 0 aliphatic heterocycles. The van der Waals surface area contributed by atoms with Gasteiger partial charge < -0.3 is 5.11 Å². The van der Waals surface area contributed by atoms with E-state index in [0.29, 0.717) is 12.8 Å². The zero-order valence-electron chi connectivity index (χ0n) is 8.39. The molecule has 1 aliphatic rings. The van der Waals surface area contributed by atoms with Crippen molar-refractivity contribution in [1.82, 2.24) is 0 Å². The molecule has 0 heterocycles. The van der Waals surface area contributed by atoms with Gasteiger partial charge in [-0.2, -0.15) is 13.2 Å². The van der Waals surface area contributed by atoms with Gasteiger partial charge >= 0.3 is 12.1 Å². The van der Waals surface area contributed by atoms with Crippen molar-refractivity contribution in [3.63, 3.8) is 0 Å². The Kier molecular flexibility index (Phi) is 3.99. The number of halogens is 3. The van der Waals surface area contributed by atoms with Gasteiger partial charge in [0.15, 0.2) is 0 Å². The molecule has 0 amide bonds. The minimum atomic E-state index is -4.37. The Morgan fingerprint density at radius 3 is 2.20 bits per heavy atom. The predicted molar refractivity (Wildman–Crippen MR) is 48.4 cm³/mol. The van der Waals surface area contributed by atoms with Gasteiger partial charge in [0.05, 0.1) is 12.3 Å². The summed E-state index contributed by atoms with van der Waals surface area (Å²) in [5.74, 6) is -2.84. The van der Waals surface area contributed by atoms with Gasteiger partial charge in [0.1, 0.15) is 0 Å². The molecule has 0 saturated heterocycles. The van der Waals surface area contributed by atoms with Gasteiger partial charge in [0, 0.05) is 0 Å². The van der Waals surface area contributed by atoms with Crippen LogP contribution in [-0.4, -0.2) is 17.3 Å². The fourth-order valence-corrected chi connectivity index (χ4v) is 2.24. The zero-order valence-corrected chi connectivity index (χ0v) is 8.39. The van der Waals surface area contributed by atoms with Crippen LogP contribution >= 0.6 is 0 Å². The fourth-order valence-electron chi connectivity index (χ4n) is 2.24. The summed E-state index contributed by atoms with van der Waals surface area (Å²) < 4.78 is 36.5. The van der Waals surface area contributed by atoms with E-state index in [-0.39, 0.29) is 5.92 Å². The molecule has 1 aliphatic carbocycles. The molecule has 1 fully saturated rings. The number of aliphatic carboxylic acids is 1. The topological polar surface area (TPSA) is 37.3 Å². The van der Waals surface area contributed by atoms with Crippen LogP contribution in [0.25, 0.3) is 0 Å². The maximum atomic E-state index is 12.2. The number of hydrogen-bond acceptors (Lipinski definition) is 1. The minimum absolute atomic E-state index is 0.294. The summed E-state index contributed by atoms with van der Waals surface area (Å²) in [5, 5.41) is 8.79. The quantitative estimate of drug-likeness (QED) is 0.799. The van der Waals surface area contributed by atoms with E-state index in [9.17, 15) is 18.0 Å². The van der Waals surface area contributed by atoms with Crippen LogP contribution in [0.2, 0.25) is 0 Å². The zero-order chi connectivity index (χ0) is 11.5. The highest BCUT2D eigenvalue weighted by molar-refractivity contribution is 5.70. The molecule has 1 unspecified atom stereocenters. The molecule has 1 N–H and O–H groups in total. The van der Waals surface area contributed by atoms with Gasteiger partial charge in [-0.25, -0.2) is 0 Å². The van der Waals surface area contributed by atoms with Crippen molar-refractivity contribution in [2.75, 3.05) is 0 Å². The number of alkyl halides is 3. The number of carboxylic acid groups (broad SMARTS) is 1. The second-order valence-corrected chi connectivity index (χ2v) is 4.16. The third-order valence-electron chi connectivity index (χ3n) is 2.99. The normalized spacial score (nSPS) is 21.3. The lowest BCUT2D eigenvalue weighted by Gasteiger charge is -2.27. The average molecular weight is 224 g/mol. The average Bonchev–Trinajstić information content (AvgIpc) is 2.14. The third kappa shape index (κ3) is 4.10. The van der Waals surface area contributed by atoms with E-state index >= 15 is 0 Å². The first-order valence-corrected chi connectivity index (χ1v) is 5.19. The Morgan fingerprint density at radius 1 is 1.27 bits per heavy atom. The Labute approximate surface area is 86.5 Å². The van der Waals surface area contributed by atoms with Crippen LogP contribution in [-0.2, 0) is 4.79 Å². The summed E-state index contributed by atoms with van der Waals surface area (Å²) in [6, 6.07) is 0. The fraction of sp³-hybridized carbons (Fsp3) is 0.900. The first-order chi connectivity index (χ1) is 6.90. The molecular formula is C10H15F3O2. The largest absolute Gasteiger partial charge is 0.481 e. The summed E-state index contributed by atoms with van der Waals surface area (Å²) in [5.41, 5.74) is 0. The highest BCUT2D eigenvalue weighted by atomic mass is 19.4. The molecule has 1 saturated carbocycles. The maximum Gasteiger partial charge on any atom is 0.389 e. The van der Waals surface area contributed by atoms with Crippen LogP contribution in [0.5, 0.6) is 0 Å². The lowest BCUT2D eigenvalue weighted by Crippen LogP contribution is -2.30. The molecule has 0 bridgehead atoms. The Bertz CT molecular complexity index is 219. The van der Waals surface area contributed by atoms with Gasteiger partial charge in [0.2, 0.25) is 0 Å². The van der Waals surface area contributed by atoms with Crippen molar-refractivity contribution in [1.29, 1.82) is 0 Å². The lowest BCUT2D eigenvalue weighted by molar-refractivity contribution is -0.168. The predicted octanol–water partition coefficient (Wildman–Crippen LogP) is 3.22. The van der Waals surface area contributed by atoms with Crippen LogP contribution < -0.4 is 0 Å². The Hall–Kier alpha value is -0.740. The third-order valence-corrected chi connectivity index (χ3v) is 2.99. The highest BCUT2D eigenvalue weighted by Gasteiger charge is 2.39. The second kappa shape index (κ2) is 4.86. The van der Waals surface area contributed by atoms with Crippen molar-refractivity contribution in [3.05, 3.63) is 0 Å². The first kappa shape index (κ1) is 12.3. The van der Waals surface area contributed by atoms with Gasteiger partial charge in [-0.1, -0.05) is 19.3 Å². The molecule has 88 valence electrons. The molecule has 0 aromatic heterocycles. The van der Waals surface area contributed by atoms with Gasteiger partial charge in [-0.3, -0.25) is 4.79 Å². The lowest BCUT2D eigenvalue weighted by atomic mass is 9.78. The number of carbonyl (C=O) groups is 1. The molecule has 5 heteroatoms. The van der Waals surface area contributed by atoms with E-state index in [2.05, 4.69) is 0 Å². The Balaban J connectivity index is 2.60. The smallest absolute Gasteiger partial charge is 0.389 e. The van der Waals surface area contributed by atoms with E-state index < -0.39 is 24.5 Å². The molecule has 15 heavy (non-hydrogen) atoms. The first-order valence-electron chi connectivity index (χ1n) is 5.19. The molecule has 0 aromatic rings. The van der Waals surface area contributed by atoms with Crippen LogP contribution in [0, 0.1) is 11.8 Å². The standard InChI is InChI=1S/C10H15F3O2/c11-10(12,13)6-8(9(14)15)7-4-2-1-3-5-7/h7-8H,1-6H2,(H,14,15). The summed E-state index contributed by atoms with van der Waals surface area (Å²) in [6.07, 6.45) is -1.61. The van der Waals surface area contributed by atoms with Crippen molar-refractivity contribution in [2.45, 2.75) is 44.7 Å².